The maximum atomic E-state index is 5.52. The predicted molar refractivity (Wildman–Crippen MR) is 111 cm³/mol. The molecule has 0 radical (unpaired) electrons. The minimum absolute atomic E-state index is 0.578. The first-order valence-electron chi connectivity index (χ1n) is 9.62. The molecule has 4 aromatic rings. The van der Waals surface area contributed by atoms with Crippen LogP contribution in [0.4, 0.5) is 5.95 Å². The molecule has 0 aliphatic heterocycles. The lowest BCUT2D eigenvalue weighted by atomic mass is 10.00. The number of aryl methyl sites for hydroxylation is 2. The van der Waals surface area contributed by atoms with Gasteiger partial charge in [0.15, 0.2) is 0 Å². The van der Waals surface area contributed by atoms with Gasteiger partial charge < -0.3 is 9.84 Å². The van der Waals surface area contributed by atoms with Gasteiger partial charge in [-0.15, -0.1) is 0 Å². The quantitative estimate of drug-likeness (QED) is 0.511. The van der Waals surface area contributed by atoms with Crippen LogP contribution in [0.25, 0.3) is 22.4 Å². The van der Waals surface area contributed by atoms with Crippen molar-refractivity contribution in [1.29, 1.82) is 0 Å². The molecule has 0 atom stereocenters. The van der Waals surface area contributed by atoms with Gasteiger partial charge in [-0.3, -0.25) is 9.97 Å². The van der Waals surface area contributed by atoms with E-state index in [2.05, 4.69) is 25.4 Å². The molecule has 0 aromatic carbocycles. The molecule has 4 aromatic heterocycles. The summed E-state index contributed by atoms with van der Waals surface area (Å²) in [5, 5.41) is 7.48. The zero-order chi connectivity index (χ0) is 20.1. The van der Waals surface area contributed by atoms with Crippen molar-refractivity contribution in [2.45, 2.75) is 26.7 Å². The van der Waals surface area contributed by atoms with Gasteiger partial charge in [-0.1, -0.05) is 12.1 Å². The fourth-order valence-corrected chi connectivity index (χ4v) is 3.23. The minimum Gasteiger partial charge on any atom is -0.360 e. The number of hydrogen-bond donors (Lipinski definition) is 1. The van der Waals surface area contributed by atoms with Gasteiger partial charge in [0.25, 0.3) is 0 Å². The summed E-state index contributed by atoms with van der Waals surface area (Å²) in [6, 6.07) is 7.92. The molecule has 4 heterocycles. The molecule has 146 valence electrons. The summed E-state index contributed by atoms with van der Waals surface area (Å²) < 4.78 is 5.52. The van der Waals surface area contributed by atoms with Crippen LogP contribution in [0.3, 0.4) is 0 Å². The van der Waals surface area contributed by atoms with E-state index in [4.69, 9.17) is 9.51 Å². The summed E-state index contributed by atoms with van der Waals surface area (Å²) in [7, 11) is 0. The normalized spacial score (nSPS) is 10.8. The van der Waals surface area contributed by atoms with Gasteiger partial charge in [-0.05, 0) is 48.7 Å². The number of nitrogens with one attached hydrogen (secondary N) is 1. The highest BCUT2D eigenvalue weighted by Crippen LogP contribution is 2.34. The first-order chi connectivity index (χ1) is 14.3. The maximum Gasteiger partial charge on any atom is 0.223 e. The minimum atomic E-state index is 0.578. The molecule has 0 saturated heterocycles. The fraction of sp³-hybridized carbons (Fsp3) is 0.227. The van der Waals surface area contributed by atoms with Crippen LogP contribution in [0, 0.1) is 6.92 Å². The average molecular weight is 386 g/mol. The van der Waals surface area contributed by atoms with Crippen LogP contribution in [0.1, 0.15) is 23.9 Å². The molecular weight excluding hydrogens is 364 g/mol. The Kier molecular flexibility index (Phi) is 5.56. The molecule has 29 heavy (non-hydrogen) atoms. The topological polar surface area (TPSA) is 89.6 Å². The van der Waals surface area contributed by atoms with Gasteiger partial charge in [-0.2, -0.15) is 0 Å². The zero-order valence-corrected chi connectivity index (χ0v) is 16.5. The Bertz CT molecular complexity index is 1080. The van der Waals surface area contributed by atoms with Crippen LogP contribution in [0.2, 0.25) is 0 Å². The van der Waals surface area contributed by atoms with E-state index >= 15 is 0 Å². The lowest BCUT2D eigenvalue weighted by Crippen LogP contribution is -2.09. The van der Waals surface area contributed by atoms with Crippen LogP contribution in [-0.2, 0) is 12.8 Å². The SMILES string of the molecule is CCc1onc(C)c1-c1nc(NCCc2ccncc2)ncc1-c1ccncc1. The van der Waals surface area contributed by atoms with Crippen LogP contribution >= 0.6 is 0 Å². The zero-order valence-electron chi connectivity index (χ0n) is 16.5. The van der Waals surface area contributed by atoms with E-state index in [-0.39, 0.29) is 0 Å². The van der Waals surface area contributed by atoms with Crippen molar-refractivity contribution in [2.75, 3.05) is 11.9 Å². The summed E-state index contributed by atoms with van der Waals surface area (Å²) in [5.41, 5.74) is 5.70. The van der Waals surface area contributed by atoms with Gasteiger partial charge in [0, 0.05) is 49.5 Å². The highest BCUT2D eigenvalue weighted by molar-refractivity contribution is 5.82. The molecule has 0 unspecified atom stereocenters. The average Bonchev–Trinajstić information content (AvgIpc) is 3.15. The van der Waals surface area contributed by atoms with Crippen molar-refractivity contribution in [3.8, 4) is 22.4 Å². The molecule has 0 fully saturated rings. The first-order valence-corrected chi connectivity index (χ1v) is 9.62. The van der Waals surface area contributed by atoms with Crippen molar-refractivity contribution in [3.63, 3.8) is 0 Å². The summed E-state index contributed by atoms with van der Waals surface area (Å²) >= 11 is 0. The summed E-state index contributed by atoms with van der Waals surface area (Å²) in [4.78, 5) is 17.5. The number of hydrogen-bond acceptors (Lipinski definition) is 7. The summed E-state index contributed by atoms with van der Waals surface area (Å²) in [6.45, 7) is 4.71. The van der Waals surface area contributed by atoms with Crippen LogP contribution < -0.4 is 5.32 Å². The second-order valence-electron chi connectivity index (χ2n) is 6.64. The largest absolute Gasteiger partial charge is 0.360 e. The van der Waals surface area contributed by atoms with E-state index in [0.29, 0.717) is 5.95 Å². The van der Waals surface area contributed by atoms with Crippen molar-refractivity contribution in [3.05, 3.63) is 72.3 Å². The lowest BCUT2D eigenvalue weighted by molar-refractivity contribution is 0.383. The molecule has 7 heteroatoms. The third-order valence-electron chi connectivity index (χ3n) is 4.72. The molecule has 0 bridgehead atoms. The third kappa shape index (κ3) is 4.13. The van der Waals surface area contributed by atoms with Gasteiger partial charge in [0.1, 0.15) is 5.76 Å². The van der Waals surface area contributed by atoms with E-state index in [1.807, 2.05) is 44.3 Å². The summed E-state index contributed by atoms with van der Waals surface area (Å²) in [6.07, 6.45) is 10.6. The Hall–Kier alpha value is -3.61. The molecule has 0 aliphatic carbocycles. The van der Waals surface area contributed by atoms with E-state index < -0.39 is 0 Å². The second kappa shape index (κ2) is 8.60. The lowest BCUT2D eigenvalue weighted by Gasteiger charge is -2.12. The van der Waals surface area contributed by atoms with Crippen molar-refractivity contribution in [1.82, 2.24) is 25.1 Å². The van der Waals surface area contributed by atoms with Gasteiger partial charge in [0.2, 0.25) is 5.95 Å². The monoisotopic (exact) mass is 386 g/mol. The van der Waals surface area contributed by atoms with Crippen LogP contribution in [0.15, 0.2) is 59.8 Å². The highest BCUT2D eigenvalue weighted by Gasteiger charge is 2.20. The third-order valence-corrected chi connectivity index (χ3v) is 4.72. The molecule has 7 nitrogen and oxygen atoms in total. The number of nitrogens with zero attached hydrogens (tertiary/aromatic N) is 5. The number of pyridine rings is 2. The highest BCUT2D eigenvalue weighted by atomic mass is 16.5. The maximum absolute atomic E-state index is 5.52. The number of aromatic nitrogens is 5. The number of anilines is 1. The predicted octanol–water partition coefficient (Wildman–Crippen LogP) is 4.11. The Morgan fingerprint density at radius 2 is 1.72 bits per heavy atom. The Balaban J connectivity index is 1.68. The van der Waals surface area contributed by atoms with Crippen LogP contribution in [-0.4, -0.2) is 31.6 Å². The molecule has 0 spiro atoms. The standard InChI is InChI=1S/C22H22N6O/c1-3-19-20(15(2)28-29-19)21-18(17-7-11-24-12-8-17)14-26-22(27-21)25-13-6-16-4-9-23-10-5-16/h4-5,7-12,14H,3,6,13H2,1-2H3,(H,25,26,27). The molecule has 0 saturated carbocycles. The molecule has 0 aliphatic rings. The van der Waals surface area contributed by atoms with E-state index in [1.165, 1.54) is 5.56 Å². The Morgan fingerprint density at radius 3 is 2.45 bits per heavy atom. The van der Waals surface area contributed by atoms with Crippen molar-refractivity contribution in [2.24, 2.45) is 0 Å². The molecule has 0 amide bonds. The Morgan fingerprint density at radius 1 is 1.00 bits per heavy atom. The first kappa shape index (κ1) is 18.7. The van der Waals surface area contributed by atoms with Crippen molar-refractivity contribution < 1.29 is 4.52 Å². The van der Waals surface area contributed by atoms with Gasteiger partial charge >= 0.3 is 0 Å². The summed E-state index contributed by atoms with van der Waals surface area (Å²) in [5.74, 6) is 1.40. The van der Waals surface area contributed by atoms with Crippen molar-refractivity contribution >= 4 is 5.95 Å². The van der Waals surface area contributed by atoms with Gasteiger partial charge in [0.05, 0.1) is 17.0 Å². The Labute approximate surface area is 169 Å². The molecule has 1 N–H and O–H groups in total. The van der Waals surface area contributed by atoms with E-state index in [0.717, 1.165) is 53.2 Å². The number of rotatable bonds is 7. The van der Waals surface area contributed by atoms with Gasteiger partial charge in [-0.25, -0.2) is 9.97 Å². The fourth-order valence-electron chi connectivity index (χ4n) is 3.23. The van der Waals surface area contributed by atoms with E-state index in [1.54, 1.807) is 24.8 Å². The molecular formula is C22H22N6O. The second-order valence-corrected chi connectivity index (χ2v) is 6.64. The van der Waals surface area contributed by atoms with Crippen LogP contribution in [0.5, 0.6) is 0 Å². The van der Waals surface area contributed by atoms with E-state index in [9.17, 15) is 0 Å². The molecule has 4 rings (SSSR count). The smallest absolute Gasteiger partial charge is 0.223 e.